The van der Waals surface area contributed by atoms with Crippen molar-refractivity contribution >= 4 is 12.3 Å². The summed E-state index contributed by atoms with van der Waals surface area (Å²) in [6.45, 7) is 4.05. The third-order valence-electron chi connectivity index (χ3n) is 2.70. The largest absolute Gasteiger partial charge is 0.507 e. The smallest absolute Gasteiger partial charge is 0.123 e. The molecular formula is C14H15NO. The molecule has 0 aliphatic carbocycles. The van der Waals surface area contributed by atoms with Crippen LogP contribution in [0.2, 0.25) is 0 Å². The van der Waals surface area contributed by atoms with Crippen LogP contribution >= 0.6 is 0 Å². The van der Waals surface area contributed by atoms with E-state index in [1.165, 1.54) is 0 Å². The molecule has 1 atom stereocenters. The molecule has 2 nitrogen and oxygen atoms in total. The van der Waals surface area contributed by atoms with Gasteiger partial charge in [-0.2, -0.15) is 0 Å². The molecule has 1 aliphatic rings. The summed E-state index contributed by atoms with van der Waals surface area (Å²) in [7, 11) is 0. The summed E-state index contributed by atoms with van der Waals surface area (Å²) in [5.41, 5.74) is 3.08. The first-order valence-corrected chi connectivity index (χ1v) is 5.38. The molecule has 0 bridgehead atoms. The van der Waals surface area contributed by atoms with Crippen molar-refractivity contribution in [3.63, 3.8) is 0 Å². The van der Waals surface area contributed by atoms with Crippen LogP contribution in [0.5, 0.6) is 5.75 Å². The van der Waals surface area contributed by atoms with Crippen LogP contribution in [0.1, 0.15) is 18.1 Å². The normalized spacial score (nSPS) is 21.6. The maximum absolute atomic E-state index is 9.81. The predicted octanol–water partition coefficient (Wildman–Crippen LogP) is 3.32. The zero-order chi connectivity index (χ0) is 11.5. The molecule has 1 N–H and O–H groups in total. The molecule has 1 heterocycles. The molecular weight excluding hydrogens is 198 g/mol. The maximum atomic E-state index is 9.81. The van der Waals surface area contributed by atoms with E-state index in [1.807, 2.05) is 37.4 Å². The zero-order valence-electron chi connectivity index (χ0n) is 9.51. The van der Waals surface area contributed by atoms with E-state index >= 15 is 0 Å². The Balaban J connectivity index is 2.36. The Hall–Kier alpha value is -1.83. The van der Waals surface area contributed by atoms with Gasteiger partial charge in [0.15, 0.2) is 0 Å². The SMILES string of the molecule is Cc1ccc(/C=C2\C=CN=CC2C)c(O)c1. The van der Waals surface area contributed by atoms with Crippen LogP contribution in [0.15, 0.2) is 41.0 Å². The van der Waals surface area contributed by atoms with Gasteiger partial charge in [0, 0.05) is 23.9 Å². The highest BCUT2D eigenvalue weighted by Gasteiger charge is 2.07. The predicted molar refractivity (Wildman–Crippen MR) is 67.6 cm³/mol. The fraction of sp³-hybridized carbons (Fsp3) is 0.214. The Morgan fingerprint density at radius 2 is 2.19 bits per heavy atom. The van der Waals surface area contributed by atoms with E-state index in [4.69, 9.17) is 0 Å². The second kappa shape index (κ2) is 4.35. The molecule has 1 aromatic carbocycles. The molecule has 0 aromatic heterocycles. The van der Waals surface area contributed by atoms with Gasteiger partial charge < -0.3 is 5.11 Å². The van der Waals surface area contributed by atoms with Crippen molar-refractivity contribution in [1.82, 2.24) is 0 Å². The fourth-order valence-electron chi connectivity index (χ4n) is 1.68. The number of rotatable bonds is 1. The molecule has 82 valence electrons. The summed E-state index contributed by atoms with van der Waals surface area (Å²) >= 11 is 0. The second-order valence-electron chi connectivity index (χ2n) is 4.11. The molecule has 0 spiro atoms. The quantitative estimate of drug-likeness (QED) is 0.762. The highest BCUT2D eigenvalue weighted by atomic mass is 16.3. The highest BCUT2D eigenvalue weighted by molar-refractivity contribution is 5.74. The van der Waals surface area contributed by atoms with Crippen molar-refractivity contribution in [2.75, 3.05) is 0 Å². The van der Waals surface area contributed by atoms with Crippen LogP contribution < -0.4 is 0 Å². The van der Waals surface area contributed by atoms with Crippen LogP contribution in [0.3, 0.4) is 0 Å². The summed E-state index contributed by atoms with van der Waals surface area (Å²) in [6, 6.07) is 5.71. The van der Waals surface area contributed by atoms with Gasteiger partial charge in [0.1, 0.15) is 5.75 Å². The van der Waals surface area contributed by atoms with Crippen LogP contribution in [-0.2, 0) is 0 Å². The Morgan fingerprint density at radius 1 is 1.38 bits per heavy atom. The molecule has 2 rings (SSSR count). The topological polar surface area (TPSA) is 32.6 Å². The van der Waals surface area contributed by atoms with Crippen LogP contribution in [0.4, 0.5) is 0 Å². The minimum absolute atomic E-state index is 0.297. The third-order valence-corrected chi connectivity index (χ3v) is 2.70. The Morgan fingerprint density at radius 3 is 2.88 bits per heavy atom. The van der Waals surface area contributed by atoms with Crippen molar-refractivity contribution in [2.24, 2.45) is 10.9 Å². The van der Waals surface area contributed by atoms with Crippen LogP contribution in [0, 0.1) is 12.8 Å². The Kier molecular flexibility index (Phi) is 2.91. The lowest BCUT2D eigenvalue weighted by Crippen LogP contribution is -2.01. The van der Waals surface area contributed by atoms with Gasteiger partial charge in [-0.1, -0.05) is 19.1 Å². The van der Waals surface area contributed by atoms with E-state index in [-0.39, 0.29) is 0 Å². The van der Waals surface area contributed by atoms with E-state index < -0.39 is 0 Å². The summed E-state index contributed by atoms with van der Waals surface area (Å²) in [5.74, 6) is 0.626. The average Bonchev–Trinajstić information content (AvgIpc) is 2.25. The molecule has 0 fully saturated rings. The molecule has 2 heteroatoms. The molecule has 1 aliphatic heterocycles. The van der Waals surface area contributed by atoms with Crippen molar-refractivity contribution in [3.05, 3.63) is 47.2 Å². The number of phenolic OH excluding ortho intramolecular Hbond substituents is 1. The third kappa shape index (κ3) is 2.22. The summed E-state index contributed by atoms with van der Waals surface area (Å²) < 4.78 is 0. The number of nitrogens with zero attached hydrogens (tertiary/aromatic N) is 1. The fourth-order valence-corrected chi connectivity index (χ4v) is 1.68. The van der Waals surface area contributed by atoms with Gasteiger partial charge in [0.2, 0.25) is 0 Å². The first-order valence-electron chi connectivity index (χ1n) is 5.38. The monoisotopic (exact) mass is 213 g/mol. The van der Waals surface area contributed by atoms with Gasteiger partial charge in [0.25, 0.3) is 0 Å². The molecule has 0 radical (unpaired) electrons. The van der Waals surface area contributed by atoms with Crippen molar-refractivity contribution in [3.8, 4) is 5.75 Å². The van der Waals surface area contributed by atoms with Gasteiger partial charge in [-0.05, 0) is 36.3 Å². The molecule has 1 aromatic rings. The molecule has 0 saturated heterocycles. The molecule has 0 saturated carbocycles. The van der Waals surface area contributed by atoms with Gasteiger partial charge in [0.05, 0.1) is 0 Å². The van der Waals surface area contributed by atoms with Crippen molar-refractivity contribution in [1.29, 1.82) is 0 Å². The average molecular weight is 213 g/mol. The Labute approximate surface area is 95.7 Å². The Bertz CT molecular complexity index is 484. The number of hydrogen-bond acceptors (Lipinski definition) is 2. The lowest BCUT2D eigenvalue weighted by atomic mass is 9.97. The van der Waals surface area contributed by atoms with Gasteiger partial charge in [-0.25, -0.2) is 0 Å². The number of aryl methyl sites for hydroxylation is 1. The van der Waals surface area contributed by atoms with E-state index in [0.717, 1.165) is 16.7 Å². The van der Waals surface area contributed by atoms with Gasteiger partial charge >= 0.3 is 0 Å². The second-order valence-corrected chi connectivity index (χ2v) is 4.11. The first-order chi connectivity index (χ1) is 7.66. The lowest BCUT2D eigenvalue weighted by molar-refractivity contribution is 0.473. The van der Waals surface area contributed by atoms with E-state index in [9.17, 15) is 5.11 Å². The van der Waals surface area contributed by atoms with Gasteiger partial charge in [-0.3, -0.25) is 4.99 Å². The maximum Gasteiger partial charge on any atom is 0.123 e. The van der Waals surface area contributed by atoms with E-state index in [0.29, 0.717) is 11.7 Å². The summed E-state index contributed by atoms with van der Waals surface area (Å²) in [6.07, 6.45) is 7.65. The van der Waals surface area contributed by atoms with E-state index in [1.54, 1.807) is 12.3 Å². The number of hydrogen-bond donors (Lipinski definition) is 1. The minimum Gasteiger partial charge on any atom is -0.507 e. The number of phenols is 1. The summed E-state index contributed by atoms with van der Waals surface area (Å²) in [4.78, 5) is 4.08. The minimum atomic E-state index is 0.297. The van der Waals surface area contributed by atoms with Crippen molar-refractivity contribution < 1.29 is 5.11 Å². The number of benzene rings is 1. The zero-order valence-corrected chi connectivity index (χ0v) is 9.51. The standard InChI is InChI=1S/C14H15NO/c1-10-3-4-13(14(16)7-10)8-12-5-6-15-9-11(12)2/h3-9,11,16H,1-2H3/b12-8+. The first kappa shape index (κ1) is 10.7. The lowest BCUT2D eigenvalue weighted by Gasteiger charge is -2.11. The summed E-state index contributed by atoms with van der Waals surface area (Å²) in [5, 5.41) is 9.81. The number of allylic oxidation sites excluding steroid dienone is 2. The number of aliphatic imine (C=N–C) groups is 1. The van der Waals surface area contributed by atoms with Crippen molar-refractivity contribution in [2.45, 2.75) is 13.8 Å². The molecule has 16 heavy (non-hydrogen) atoms. The van der Waals surface area contributed by atoms with Crippen LogP contribution in [0.25, 0.3) is 6.08 Å². The van der Waals surface area contributed by atoms with Crippen LogP contribution in [-0.4, -0.2) is 11.3 Å². The molecule has 0 amide bonds. The molecule has 1 unspecified atom stereocenters. The van der Waals surface area contributed by atoms with E-state index in [2.05, 4.69) is 11.9 Å². The van der Waals surface area contributed by atoms with Gasteiger partial charge in [-0.15, -0.1) is 0 Å². The highest BCUT2D eigenvalue weighted by Crippen LogP contribution is 2.24. The number of aromatic hydroxyl groups is 1.